The third kappa shape index (κ3) is 4.01. The Labute approximate surface area is 120 Å². The first-order chi connectivity index (χ1) is 10.3. The molecule has 1 aliphatic heterocycles. The summed E-state index contributed by atoms with van der Waals surface area (Å²) in [6.45, 7) is 3.36. The van der Waals surface area contributed by atoms with Crippen LogP contribution in [0.5, 0.6) is 0 Å². The van der Waals surface area contributed by atoms with Gasteiger partial charge in [0.2, 0.25) is 0 Å². The zero-order valence-corrected chi connectivity index (χ0v) is 12.2. The molecule has 0 amide bonds. The monoisotopic (exact) mass is 316 g/mol. The summed E-state index contributed by atoms with van der Waals surface area (Å²) < 4.78 is 88.5. The van der Waals surface area contributed by atoms with Crippen LogP contribution >= 0.6 is 0 Å². The average molecular weight is 316 g/mol. The third-order valence-electron chi connectivity index (χ3n) is 2.88. The fourth-order valence-electron chi connectivity index (χ4n) is 1.99. The molecule has 1 aliphatic rings. The van der Waals surface area contributed by atoms with Crippen molar-refractivity contribution in [3.63, 3.8) is 0 Å². The molecule has 0 aliphatic carbocycles. The molecule has 1 fully saturated rings. The van der Waals surface area contributed by atoms with Gasteiger partial charge in [0.05, 0.1) is 19.8 Å². The summed E-state index contributed by atoms with van der Waals surface area (Å²) in [7, 11) is -8.34. The summed E-state index contributed by atoms with van der Waals surface area (Å²) in [6, 6.07) is 0. The molecule has 6 nitrogen and oxygen atoms in total. The second-order valence-electron chi connectivity index (χ2n) is 4.09. The summed E-state index contributed by atoms with van der Waals surface area (Å²) in [6.07, 6.45) is -4.37. The molecule has 0 N–H and O–H groups in total. The van der Waals surface area contributed by atoms with Gasteiger partial charge in [-0.25, -0.2) is 8.42 Å². The van der Waals surface area contributed by atoms with Crippen LogP contribution in [0.2, 0.25) is 0 Å². The van der Waals surface area contributed by atoms with Crippen molar-refractivity contribution in [2.75, 3.05) is 19.9 Å². The maximum absolute atomic E-state index is 12.4. The Hall–Kier alpha value is -0.440. The van der Waals surface area contributed by atoms with Gasteiger partial charge in [0, 0.05) is 16.9 Å². The van der Waals surface area contributed by atoms with Gasteiger partial charge in [0.25, 0.3) is 10.1 Å². The Morgan fingerprint density at radius 1 is 1.58 bits per heavy atom. The van der Waals surface area contributed by atoms with Crippen molar-refractivity contribution < 1.29 is 31.2 Å². The first-order valence-corrected chi connectivity index (χ1v) is 8.56. The molecular formula is C11H20O6S2. The van der Waals surface area contributed by atoms with Gasteiger partial charge in [-0.15, -0.1) is 6.58 Å². The van der Waals surface area contributed by atoms with Crippen LogP contribution in [0.15, 0.2) is 12.7 Å². The highest BCUT2D eigenvalue weighted by Gasteiger charge is 2.44. The lowest BCUT2D eigenvalue weighted by molar-refractivity contribution is 0.0150. The summed E-state index contributed by atoms with van der Waals surface area (Å²) >= 11 is 0. The highest BCUT2D eigenvalue weighted by atomic mass is 32.2. The lowest BCUT2D eigenvalue weighted by Gasteiger charge is -2.34. The van der Waals surface area contributed by atoms with Gasteiger partial charge >= 0.3 is 0 Å². The fraction of sp³-hybridized carbons (Fsp3) is 0.818. The Morgan fingerprint density at radius 3 is 2.79 bits per heavy atom. The molecule has 1 heterocycles. The Morgan fingerprint density at radius 2 is 2.26 bits per heavy atom. The van der Waals surface area contributed by atoms with Crippen LogP contribution in [-0.4, -0.2) is 53.3 Å². The molecule has 0 aromatic heterocycles. The number of hydrogen-bond acceptors (Lipinski definition) is 6. The summed E-state index contributed by atoms with van der Waals surface area (Å²) in [5.74, 6) is 0. The van der Waals surface area contributed by atoms with E-state index >= 15 is 0 Å². The van der Waals surface area contributed by atoms with E-state index in [4.69, 9.17) is 10.2 Å². The Balaban J connectivity index is 3.51. The first-order valence-electron chi connectivity index (χ1n) is 7.61. The summed E-state index contributed by atoms with van der Waals surface area (Å²) in [4.78, 5) is 0. The van der Waals surface area contributed by atoms with Crippen molar-refractivity contribution in [1.82, 2.24) is 0 Å². The second-order valence-corrected chi connectivity index (χ2v) is 7.55. The largest absolute Gasteiger partial charge is 0.375 e. The average Bonchev–Trinajstić information content (AvgIpc) is 2.46. The van der Waals surface area contributed by atoms with Crippen LogP contribution in [0, 0.1) is 0 Å². The minimum absolute atomic E-state index is 0.00906. The van der Waals surface area contributed by atoms with Crippen LogP contribution in [0.4, 0.5) is 0 Å². The minimum atomic E-state index is -5.05. The lowest BCUT2D eigenvalue weighted by Crippen LogP contribution is -2.49. The van der Waals surface area contributed by atoms with Crippen molar-refractivity contribution in [2.24, 2.45) is 0 Å². The van der Waals surface area contributed by atoms with Crippen molar-refractivity contribution in [3.05, 3.63) is 12.7 Å². The zero-order valence-electron chi connectivity index (χ0n) is 14.5. The van der Waals surface area contributed by atoms with Crippen molar-refractivity contribution in [3.8, 4) is 0 Å². The van der Waals surface area contributed by atoms with Gasteiger partial charge in [0.15, 0.2) is 9.84 Å². The van der Waals surface area contributed by atoms with Gasteiger partial charge in [-0.2, -0.15) is 8.42 Å². The smallest absolute Gasteiger partial charge is 0.272 e. The van der Waals surface area contributed by atoms with Gasteiger partial charge in [0.1, 0.15) is 5.25 Å². The SMILES string of the molecule is [2H]C([2H])([2H])S(=O)(=O)[C@]([2H])(CC=C)[C@@H]1OCCC[C@@H]1S(=O)(=O)OC. The topological polar surface area (TPSA) is 86.7 Å². The maximum Gasteiger partial charge on any atom is 0.272 e. The molecule has 112 valence electrons. The van der Waals surface area contributed by atoms with Gasteiger partial charge in [-0.3, -0.25) is 4.18 Å². The second kappa shape index (κ2) is 6.34. The molecule has 0 saturated carbocycles. The molecule has 1 rings (SSSR count). The lowest BCUT2D eigenvalue weighted by atomic mass is 10.0. The number of ether oxygens (including phenoxy) is 1. The number of hydrogen-bond donors (Lipinski definition) is 0. The van der Waals surface area contributed by atoms with E-state index in [9.17, 15) is 16.8 Å². The molecule has 19 heavy (non-hydrogen) atoms. The van der Waals surface area contributed by atoms with E-state index in [1.165, 1.54) is 0 Å². The van der Waals surface area contributed by atoms with Crippen molar-refractivity contribution in [2.45, 2.75) is 35.8 Å². The molecule has 0 spiro atoms. The highest BCUT2D eigenvalue weighted by Crippen LogP contribution is 2.28. The van der Waals surface area contributed by atoms with E-state index in [1.54, 1.807) is 0 Å². The molecule has 3 atom stereocenters. The summed E-state index contributed by atoms with van der Waals surface area (Å²) in [5.41, 5.74) is 0. The minimum Gasteiger partial charge on any atom is -0.375 e. The molecule has 0 aromatic rings. The molecule has 0 aromatic carbocycles. The Bertz CT molecular complexity index is 642. The molecule has 0 radical (unpaired) electrons. The molecular weight excluding hydrogens is 292 g/mol. The van der Waals surface area contributed by atoms with Crippen LogP contribution in [0.3, 0.4) is 0 Å². The van der Waals surface area contributed by atoms with Crippen LogP contribution < -0.4 is 0 Å². The molecule has 0 bridgehead atoms. The standard InChI is InChI=1S/C11H20O6S2/c1-4-6-9(18(3,12)13)11-10(7-5-8-17-11)19(14,15)16-2/h4,9-11H,1,5-8H2,2-3H3/t9-,10+,11+/m1/s1/i3D3,9D. The van der Waals surface area contributed by atoms with E-state index in [2.05, 4.69) is 10.8 Å². The zero-order chi connectivity index (χ0) is 18.1. The maximum atomic E-state index is 12.4. The molecule has 0 unspecified atom stereocenters. The quantitative estimate of drug-likeness (QED) is 0.524. The van der Waals surface area contributed by atoms with Crippen LogP contribution in [0.1, 0.15) is 24.7 Å². The molecule has 1 saturated heterocycles. The van der Waals surface area contributed by atoms with E-state index in [0.29, 0.717) is 6.42 Å². The summed E-state index contributed by atoms with van der Waals surface area (Å²) in [5, 5.41) is -4.16. The van der Waals surface area contributed by atoms with Gasteiger partial charge in [-0.1, -0.05) is 6.08 Å². The van der Waals surface area contributed by atoms with Crippen molar-refractivity contribution in [1.29, 1.82) is 0 Å². The van der Waals surface area contributed by atoms with E-state index in [1.807, 2.05) is 0 Å². The predicted octanol–water partition coefficient (Wildman–Crippen LogP) is 0.500. The fourth-order valence-corrected chi connectivity index (χ4v) is 4.20. The third-order valence-corrected chi connectivity index (χ3v) is 5.66. The number of allylic oxidation sites excluding steroid dienone is 1. The van der Waals surface area contributed by atoms with Gasteiger partial charge in [-0.05, 0) is 19.3 Å². The normalized spacial score (nSPS) is 32.3. The highest BCUT2D eigenvalue weighted by molar-refractivity contribution is 7.91. The van der Waals surface area contributed by atoms with E-state index < -0.39 is 49.1 Å². The first kappa shape index (κ1) is 11.2. The Kier molecular flexibility index (Phi) is 3.75. The molecule has 8 heteroatoms. The number of rotatable bonds is 6. The van der Waals surface area contributed by atoms with Crippen LogP contribution in [0.25, 0.3) is 0 Å². The van der Waals surface area contributed by atoms with Crippen LogP contribution in [-0.2, 0) is 28.9 Å². The van der Waals surface area contributed by atoms with E-state index in [0.717, 1.165) is 13.2 Å². The number of sulfone groups is 1. The van der Waals surface area contributed by atoms with Gasteiger partial charge < -0.3 is 4.74 Å². The predicted molar refractivity (Wildman–Crippen MR) is 72.1 cm³/mol. The van der Waals surface area contributed by atoms with E-state index in [-0.39, 0.29) is 13.0 Å². The van der Waals surface area contributed by atoms with Crippen molar-refractivity contribution >= 4 is 20.0 Å².